The van der Waals surface area contributed by atoms with Gasteiger partial charge in [-0.25, -0.2) is 0 Å². The van der Waals surface area contributed by atoms with Gasteiger partial charge in [-0.3, -0.25) is 9.97 Å². The zero-order chi connectivity index (χ0) is 11.7. The summed E-state index contributed by atoms with van der Waals surface area (Å²) in [6, 6.07) is 4.16. The van der Waals surface area contributed by atoms with Gasteiger partial charge >= 0.3 is 0 Å². The normalized spacial score (nSPS) is 18.7. The lowest BCUT2D eigenvalue weighted by molar-refractivity contribution is 0.584. The number of aromatic nitrogens is 3. The standard InChI is InChI=1S/C13H13N3S/c17-13-12(15-7-8-16-13)10-5-1-3-9-4-2-6-14-11(9)10/h2,4,6-8,10H,1,3,5H2,(H,16,17). The number of nitrogens with one attached hydrogen (secondary N) is 1. The highest BCUT2D eigenvalue weighted by molar-refractivity contribution is 7.71. The molecule has 86 valence electrons. The van der Waals surface area contributed by atoms with E-state index in [0.717, 1.165) is 28.9 Å². The van der Waals surface area contributed by atoms with Crippen molar-refractivity contribution in [1.29, 1.82) is 0 Å². The van der Waals surface area contributed by atoms with Crippen LogP contribution >= 0.6 is 12.2 Å². The Morgan fingerprint density at radius 2 is 2.12 bits per heavy atom. The van der Waals surface area contributed by atoms with Crippen molar-refractivity contribution in [2.45, 2.75) is 25.2 Å². The van der Waals surface area contributed by atoms with Crippen LogP contribution in [0.3, 0.4) is 0 Å². The fourth-order valence-corrected chi connectivity index (χ4v) is 2.75. The van der Waals surface area contributed by atoms with E-state index in [0.29, 0.717) is 0 Å². The lowest BCUT2D eigenvalue weighted by Crippen LogP contribution is -2.14. The lowest BCUT2D eigenvalue weighted by atomic mass is 9.85. The Hall–Kier alpha value is -1.55. The minimum atomic E-state index is 0.255. The molecule has 3 nitrogen and oxygen atoms in total. The minimum Gasteiger partial charge on any atom is -0.350 e. The molecule has 0 saturated heterocycles. The molecule has 0 spiro atoms. The highest BCUT2D eigenvalue weighted by atomic mass is 32.1. The summed E-state index contributed by atoms with van der Waals surface area (Å²) in [4.78, 5) is 12.0. The van der Waals surface area contributed by atoms with Gasteiger partial charge in [-0.1, -0.05) is 18.3 Å². The molecule has 1 atom stereocenters. The zero-order valence-corrected chi connectivity index (χ0v) is 10.2. The van der Waals surface area contributed by atoms with Gasteiger partial charge in [-0.05, 0) is 30.9 Å². The van der Waals surface area contributed by atoms with E-state index in [-0.39, 0.29) is 5.92 Å². The SMILES string of the molecule is S=c1[nH]ccnc1C1CCCc2cccnc21. The van der Waals surface area contributed by atoms with Crippen molar-refractivity contribution >= 4 is 12.2 Å². The van der Waals surface area contributed by atoms with Crippen LogP contribution < -0.4 is 0 Å². The van der Waals surface area contributed by atoms with E-state index in [1.807, 2.05) is 12.3 Å². The Morgan fingerprint density at radius 1 is 1.24 bits per heavy atom. The van der Waals surface area contributed by atoms with Crippen molar-refractivity contribution in [2.75, 3.05) is 0 Å². The maximum atomic E-state index is 5.32. The summed E-state index contributed by atoms with van der Waals surface area (Å²) in [6.07, 6.45) is 8.76. The van der Waals surface area contributed by atoms with Crippen LogP contribution in [0, 0.1) is 4.64 Å². The Kier molecular flexibility index (Phi) is 2.73. The van der Waals surface area contributed by atoms with Crippen LogP contribution in [0.25, 0.3) is 0 Å². The summed E-state index contributed by atoms with van der Waals surface area (Å²) < 4.78 is 0.732. The van der Waals surface area contributed by atoms with Crippen molar-refractivity contribution in [3.05, 3.63) is 52.3 Å². The molecule has 1 aliphatic carbocycles. The molecule has 0 bridgehead atoms. The van der Waals surface area contributed by atoms with E-state index in [2.05, 4.69) is 21.0 Å². The predicted octanol–water partition coefficient (Wildman–Crippen LogP) is 3.00. The quantitative estimate of drug-likeness (QED) is 0.783. The third kappa shape index (κ3) is 1.89. The van der Waals surface area contributed by atoms with Gasteiger partial charge in [0.2, 0.25) is 0 Å². The molecule has 2 heterocycles. The van der Waals surface area contributed by atoms with Crippen LogP contribution in [0.1, 0.15) is 35.7 Å². The van der Waals surface area contributed by atoms with Crippen LogP contribution in [-0.2, 0) is 6.42 Å². The first-order chi connectivity index (χ1) is 8.36. The van der Waals surface area contributed by atoms with Gasteiger partial charge in [0.25, 0.3) is 0 Å². The van der Waals surface area contributed by atoms with E-state index < -0.39 is 0 Å². The monoisotopic (exact) mass is 243 g/mol. The third-order valence-electron chi connectivity index (χ3n) is 3.26. The fraction of sp³-hybridized carbons (Fsp3) is 0.308. The second-order valence-electron chi connectivity index (χ2n) is 4.30. The second-order valence-corrected chi connectivity index (χ2v) is 4.70. The molecule has 0 saturated carbocycles. The van der Waals surface area contributed by atoms with Crippen LogP contribution in [0.4, 0.5) is 0 Å². The fourth-order valence-electron chi connectivity index (χ4n) is 2.49. The van der Waals surface area contributed by atoms with Crippen molar-refractivity contribution < 1.29 is 0 Å². The Morgan fingerprint density at radius 3 is 3.00 bits per heavy atom. The van der Waals surface area contributed by atoms with Crippen LogP contribution in [-0.4, -0.2) is 15.0 Å². The molecule has 1 N–H and O–H groups in total. The van der Waals surface area contributed by atoms with Crippen LogP contribution in [0.15, 0.2) is 30.7 Å². The maximum Gasteiger partial charge on any atom is 0.125 e. The van der Waals surface area contributed by atoms with Crippen molar-refractivity contribution in [3.63, 3.8) is 0 Å². The van der Waals surface area contributed by atoms with E-state index in [4.69, 9.17) is 12.2 Å². The second kappa shape index (κ2) is 4.37. The minimum absolute atomic E-state index is 0.255. The van der Waals surface area contributed by atoms with Crippen LogP contribution in [0.2, 0.25) is 0 Å². The van der Waals surface area contributed by atoms with E-state index in [1.165, 1.54) is 12.0 Å². The molecule has 4 heteroatoms. The molecule has 1 aliphatic rings. The average Bonchev–Trinajstić information content (AvgIpc) is 2.39. The van der Waals surface area contributed by atoms with E-state index >= 15 is 0 Å². The summed E-state index contributed by atoms with van der Waals surface area (Å²) >= 11 is 5.32. The topological polar surface area (TPSA) is 41.6 Å². The molecule has 3 rings (SSSR count). The molecule has 17 heavy (non-hydrogen) atoms. The van der Waals surface area contributed by atoms with Crippen molar-refractivity contribution in [1.82, 2.24) is 15.0 Å². The van der Waals surface area contributed by atoms with Gasteiger partial charge in [0.05, 0.1) is 11.4 Å². The number of aryl methyl sites for hydroxylation is 1. The first-order valence-electron chi connectivity index (χ1n) is 5.83. The molecule has 1 unspecified atom stereocenters. The molecular weight excluding hydrogens is 230 g/mol. The summed E-state index contributed by atoms with van der Waals surface area (Å²) in [5, 5.41) is 0. The Bertz CT molecular complexity index is 591. The highest BCUT2D eigenvalue weighted by Crippen LogP contribution is 2.34. The molecule has 2 aromatic rings. The molecule has 0 fully saturated rings. The third-order valence-corrected chi connectivity index (χ3v) is 3.59. The Balaban J connectivity index is 2.13. The van der Waals surface area contributed by atoms with Crippen molar-refractivity contribution in [3.8, 4) is 0 Å². The maximum absolute atomic E-state index is 5.32. The van der Waals surface area contributed by atoms with Gasteiger partial charge in [-0.15, -0.1) is 0 Å². The number of H-pyrrole nitrogens is 1. The predicted molar refractivity (Wildman–Crippen MR) is 68.4 cm³/mol. The van der Waals surface area contributed by atoms with Gasteiger partial charge in [-0.2, -0.15) is 0 Å². The molecular formula is C13H13N3S. The number of nitrogens with zero attached hydrogens (tertiary/aromatic N) is 2. The van der Waals surface area contributed by atoms with Crippen molar-refractivity contribution in [2.24, 2.45) is 0 Å². The van der Waals surface area contributed by atoms with Gasteiger partial charge in [0.1, 0.15) is 4.64 Å². The lowest BCUT2D eigenvalue weighted by Gasteiger charge is -2.23. The summed E-state index contributed by atoms with van der Waals surface area (Å²) in [7, 11) is 0. The highest BCUT2D eigenvalue weighted by Gasteiger charge is 2.24. The molecule has 0 radical (unpaired) electrons. The largest absolute Gasteiger partial charge is 0.350 e. The molecule has 2 aromatic heterocycles. The number of hydrogen-bond donors (Lipinski definition) is 1. The van der Waals surface area contributed by atoms with Gasteiger partial charge in [0, 0.05) is 24.5 Å². The summed E-state index contributed by atoms with van der Waals surface area (Å²) in [5.74, 6) is 0.255. The molecule has 0 aromatic carbocycles. The van der Waals surface area contributed by atoms with E-state index in [1.54, 1.807) is 12.4 Å². The summed E-state index contributed by atoms with van der Waals surface area (Å²) in [6.45, 7) is 0. The number of pyridine rings is 1. The Labute approximate surface area is 105 Å². The number of rotatable bonds is 1. The first kappa shape index (κ1) is 10.6. The van der Waals surface area contributed by atoms with Gasteiger partial charge in [0.15, 0.2) is 0 Å². The van der Waals surface area contributed by atoms with E-state index in [9.17, 15) is 0 Å². The molecule has 0 aliphatic heterocycles. The number of fused-ring (bicyclic) bond motifs is 1. The number of hydrogen-bond acceptors (Lipinski definition) is 3. The van der Waals surface area contributed by atoms with Crippen LogP contribution in [0.5, 0.6) is 0 Å². The molecule has 0 amide bonds. The summed E-state index contributed by atoms with van der Waals surface area (Å²) in [5.41, 5.74) is 3.45. The number of aromatic amines is 1. The zero-order valence-electron chi connectivity index (χ0n) is 9.39. The average molecular weight is 243 g/mol. The van der Waals surface area contributed by atoms with Gasteiger partial charge < -0.3 is 4.98 Å². The smallest absolute Gasteiger partial charge is 0.125 e. The first-order valence-corrected chi connectivity index (χ1v) is 6.24.